The Bertz CT molecular complexity index is 1120. The molecule has 0 spiro atoms. The zero-order chi connectivity index (χ0) is 24.3. The summed E-state index contributed by atoms with van der Waals surface area (Å²) in [5.74, 6) is -0.0327. The summed E-state index contributed by atoms with van der Waals surface area (Å²) < 4.78 is 51.8. The largest absolute Gasteiger partial charge is 0.475 e. The highest BCUT2D eigenvalue weighted by Crippen LogP contribution is 2.42. The third-order valence-corrected chi connectivity index (χ3v) is 5.57. The number of benzene rings is 2. The van der Waals surface area contributed by atoms with Crippen molar-refractivity contribution in [3.63, 3.8) is 0 Å². The van der Waals surface area contributed by atoms with Crippen LogP contribution in [0.15, 0.2) is 34.9 Å². The summed E-state index contributed by atoms with van der Waals surface area (Å²) >= 11 is 0. The van der Waals surface area contributed by atoms with Gasteiger partial charge in [-0.2, -0.15) is 13.2 Å². The molecule has 0 saturated carbocycles. The zero-order valence-corrected chi connectivity index (χ0v) is 19.3. The fourth-order valence-electron chi connectivity index (χ4n) is 3.93. The second-order valence-electron chi connectivity index (χ2n) is 8.47. The summed E-state index contributed by atoms with van der Waals surface area (Å²) in [6.07, 6.45) is -3.58. The maximum absolute atomic E-state index is 13.5. The van der Waals surface area contributed by atoms with Crippen molar-refractivity contribution in [1.82, 2.24) is 5.16 Å². The van der Waals surface area contributed by atoms with E-state index in [1.807, 2.05) is 26.0 Å². The highest BCUT2D eigenvalue weighted by Gasteiger charge is 2.38. The molecule has 0 aliphatic heterocycles. The maximum atomic E-state index is 13.5. The molecule has 1 aromatic heterocycles. The zero-order valence-electron chi connectivity index (χ0n) is 19.3. The van der Waals surface area contributed by atoms with E-state index in [1.165, 1.54) is 6.07 Å². The molecular weight excluding hydrogens is 433 g/mol. The molecule has 33 heavy (non-hydrogen) atoms. The Labute approximate surface area is 191 Å². The van der Waals surface area contributed by atoms with Crippen molar-refractivity contribution in [2.75, 3.05) is 0 Å². The number of fused-ring (bicyclic) bond motifs is 1. The van der Waals surface area contributed by atoms with Crippen molar-refractivity contribution >= 4 is 16.9 Å². The fraction of sp³-hybridized carbons (Fsp3) is 0.440. The lowest BCUT2D eigenvalue weighted by Crippen LogP contribution is -2.27. The molecule has 3 rings (SSSR count). The van der Waals surface area contributed by atoms with Gasteiger partial charge in [0.15, 0.2) is 11.3 Å². The predicted molar refractivity (Wildman–Crippen MR) is 120 cm³/mol. The predicted octanol–water partition coefficient (Wildman–Crippen LogP) is 6.48. The molecule has 8 heteroatoms. The Balaban J connectivity index is 2.17. The van der Waals surface area contributed by atoms with Crippen LogP contribution in [0.3, 0.4) is 0 Å². The van der Waals surface area contributed by atoms with Crippen molar-refractivity contribution in [2.45, 2.75) is 71.6 Å². The molecule has 1 atom stereocenters. The number of ether oxygens (including phenoxy) is 1. The van der Waals surface area contributed by atoms with Crippen LogP contribution in [-0.4, -0.2) is 11.1 Å². The van der Waals surface area contributed by atoms with Crippen molar-refractivity contribution in [3.05, 3.63) is 58.3 Å². The first-order valence-electron chi connectivity index (χ1n) is 11.2. The van der Waals surface area contributed by atoms with Crippen LogP contribution in [-0.2, 0) is 23.8 Å². The average molecular weight is 463 g/mol. The van der Waals surface area contributed by atoms with Gasteiger partial charge in [0.2, 0.25) is 6.10 Å². The first kappa shape index (κ1) is 24.6. The van der Waals surface area contributed by atoms with Crippen LogP contribution in [0.4, 0.5) is 13.2 Å². The van der Waals surface area contributed by atoms with Gasteiger partial charge < -0.3 is 15.0 Å². The summed E-state index contributed by atoms with van der Waals surface area (Å²) in [6, 6.07) is 8.81. The second kappa shape index (κ2) is 9.85. The van der Waals surface area contributed by atoms with Gasteiger partial charge in [-0.25, -0.2) is 0 Å². The second-order valence-corrected chi connectivity index (χ2v) is 8.47. The first-order valence-corrected chi connectivity index (χ1v) is 11.2. The lowest BCUT2D eigenvalue weighted by molar-refractivity contribution is -0.141. The molecule has 1 amide bonds. The van der Waals surface area contributed by atoms with Crippen molar-refractivity contribution in [3.8, 4) is 5.75 Å². The first-order chi connectivity index (χ1) is 15.6. The van der Waals surface area contributed by atoms with Crippen LogP contribution in [0.5, 0.6) is 5.75 Å². The SMILES string of the molecule is CCCc1cc2c(C(F)(F)F)noc2c(CCC)c1OC(C(N)=O)c1ccc(C(C)C)cc1. The number of aromatic nitrogens is 1. The Morgan fingerprint density at radius 1 is 1.09 bits per heavy atom. The van der Waals surface area contributed by atoms with Gasteiger partial charge in [-0.1, -0.05) is 70.0 Å². The highest BCUT2D eigenvalue weighted by atomic mass is 19.4. The van der Waals surface area contributed by atoms with Crippen LogP contribution in [0.2, 0.25) is 0 Å². The molecule has 0 aliphatic rings. The van der Waals surface area contributed by atoms with Crippen LogP contribution in [0.25, 0.3) is 11.0 Å². The lowest BCUT2D eigenvalue weighted by atomic mass is 9.97. The van der Waals surface area contributed by atoms with E-state index in [-0.39, 0.29) is 11.0 Å². The van der Waals surface area contributed by atoms with E-state index in [2.05, 4.69) is 19.0 Å². The molecule has 0 fully saturated rings. The fourth-order valence-corrected chi connectivity index (χ4v) is 3.93. The van der Waals surface area contributed by atoms with Gasteiger partial charge in [0.1, 0.15) is 5.75 Å². The average Bonchev–Trinajstić information content (AvgIpc) is 3.17. The van der Waals surface area contributed by atoms with Crippen LogP contribution < -0.4 is 10.5 Å². The van der Waals surface area contributed by atoms with Crippen LogP contribution in [0.1, 0.15) is 80.5 Å². The molecule has 0 saturated heterocycles. The number of aryl methyl sites for hydroxylation is 2. The summed E-state index contributed by atoms with van der Waals surface area (Å²) in [5.41, 5.74) is 7.35. The van der Waals surface area contributed by atoms with E-state index in [9.17, 15) is 18.0 Å². The van der Waals surface area contributed by atoms with E-state index in [4.69, 9.17) is 15.0 Å². The standard InChI is InChI=1S/C25H29F3N2O3/c1-5-7-17-13-19-22(33-30-23(19)25(26,27)28)18(8-6-2)20(17)32-21(24(29)31)16-11-9-15(10-12-16)14(3)4/h9-14,21H,5-8H2,1-4H3,(H2,29,31). The van der Waals surface area contributed by atoms with Gasteiger partial charge >= 0.3 is 6.18 Å². The minimum Gasteiger partial charge on any atom is -0.475 e. The highest BCUT2D eigenvalue weighted by molar-refractivity contribution is 5.87. The van der Waals surface area contributed by atoms with Crippen molar-refractivity contribution in [2.24, 2.45) is 5.73 Å². The summed E-state index contributed by atoms with van der Waals surface area (Å²) in [6.45, 7) is 7.95. The third kappa shape index (κ3) is 5.15. The number of carbonyl (C=O) groups is 1. The minimum absolute atomic E-state index is 0.0254. The Hall–Kier alpha value is -3.03. The van der Waals surface area contributed by atoms with E-state index >= 15 is 0 Å². The van der Waals surface area contributed by atoms with Gasteiger partial charge in [0.05, 0.1) is 5.39 Å². The van der Waals surface area contributed by atoms with Gasteiger partial charge in [0.25, 0.3) is 5.91 Å². The molecule has 3 aromatic rings. The number of nitrogens with zero attached hydrogens (tertiary/aromatic N) is 1. The number of alkyl halides is 3. The Morgan fingerprint density at radius 2 is 1.70 bits per heavy atom. The Morgan fingerprint density at radius 3 is 2.21 bits per heavy atom. The smallest absolute Gasteiger partial charge is 0.437 e. The number of carbonyl (C=O) groups excluding carboxylic acids is 1. The van der Waals surface area contributed by atoms with Crippen LogP contribution in [0, 0.1) is 0 Å². The van der Waals surface area contributed by atoms with E-state index < -0.39 is 23.9 Å². The summed E-state index contributed by atoms with van der Waals surface area (Å²) in [4.78, 5) is 12.4. The molecule has 5 nitrogen and oxygen atoms in total. The molecular formula is C25H29F3N2O3. The maximum Gasteiger partial charge on any atom is 0.437 e. The molecule has 0 bridgehead atoms. The molecule has 2 aromatic carbocycles. The number of amides is 1. The molecule has 1 unspecified atom stereocenters. The molecule has 0 radical (unpaired) electrons. The lowest BCUT2D eigenvalue weighted by Gasteiger charge is -2.22. The van der Waals surface area contributed by atoms with Crippen LogP contribution >= 0.6 is 0 Å². The number of primary amides is 1. The topological polar surface area (TPSA) is 78.3 Å². The monoisotopic (exact) mass is 462 g/mol. The minimum atomic E-state index is -4.64. The molecule has 2 N–H and O–H groups in total. The number of halogens is 3. The van der Waals surface area contributed by atoms with Gasteiger partial charge in [0, 0.05) is 11.1 Å². The van der Waals surface area contributed by atoms with Crippen molar-refractivity contribution in [1.29, 1.82) is 0 Å². The van der Waals surface area contributed by atoms with Gasteiger partial charge in [-0.15, -0.1) is 0 Å². The summed E-state index contributed by atoms with van der Waals surface area (Å²) in [5, 5.41) is 3.20. The quantitative estimate of drug-likeness (QED) is 0.395. The van der Waals surface area contributed by atoms with E-state index in [1.54, 1.807) is 12.1 Å². The third-order valence-electron chi connectivity index (χ3n) is 5.57. The summed E-state index contributed by atoms with van der Waals surface area (Å²) in [7, 11) is 0. The number of hydrogen-bond donors (Lipinski definition) is 1. The molecule has 1 heterocycles. The van der Waals surface area contributed by atoms with E-state index in [0.717, 1.165) is 5.56 Å². The van der Waals surface area contributed by atoms with Gasteiger partial charge in [-0.3, -0.25) is 4.79 Å². The number of nitrogens with two attached hydrogens (primary N) is 1. The van der Waals surface area contributed by atoms with Gasteiger partial charge in [-0.05, 0) is 36.0 Å². The number of rotatable bonds is 9. The van der Waals surface area contributed by atoms with E-state index in [0.29, 0.717) is 54.0 Å². The normalized spacial score (nSPS) is 13.0. The molecule has 178 valence electrons. The van der Waals surface area contributed by atoms with Crippen molar-refractivity contribution < 1.29 is 27.2 Å². The number of hydrogen-bond acceptors (Lipinski definition) is 4. The molecule has 0 aliphatic carbocycles. The Kier molecular flexibility index (Phi) is 7.34.